The highest BCUT2D eigenvalue weighted by Crippen LogP contribution is 2.11. The number of nitrogens with two attached hydrogens (primary N) is 1. The highest BCUT2D eigenvalue weighted by atomic mass is 16.5. The van der Waals surface area contributed by atoms with Gasteiger partial charge < -0.3 is 15.8 Å². The summed E-state index contributed by atoms with van der Waals surface area (Å²) in [7, 11) is 0. The third kappa shape index (κ3) is 6.20. The summed E-state index contributed by atoms with van der Waals surface area (Å²) in [5.41, 5.74) is 5.71. The number of hydrogen-bond donors (Lipinski definition) is 2. The maximum absolute atomic E-state index is 11.7. The van der Waals surface area contributed by atoms with Crippen molar-refractivity contribution < 1.29 is 9.53 Å². The molecule has 1 amide bonds. The summed E-state index contributed by atoms with van der Waals surface area (Å²) in [5, 5.41) is 2.96. The van der Waals surface area contributed by atoms with Gasteiger partial charge in [0.1, 0.15) is 0 Å². The van der Waals surface area contributed by atoms with Crippen LogP contribution >= 0.6 is 0 Å². The van der Waals surface area contributed by atoms with E-state index >= 15 is 0 Å². The summed E-state index contributed by atoms with van der Waals surface area (Å²) in [6.07, 6.45) is 2.76. The van der Waals surface area contributed by atoms with Gasteiger partial charge in [-0.05, 0) is 40.2 Å². The van der Waals surface area contributed by atoms with Crippen LogP contribution in [-0.2, 0) is 9.53 Å². The van der Waals surface area contributed by atoms with E-state index in [0.29, 0.717) is 12.2 Å². The normalized spacial score (nSPS) is 27.1. The zero-order valence-electron chi connectivity index (χ0n) is 13.4. The summed E-state index contributed by atoms with van der Waals surface area (Å²) < 4.78 is 5.71. The van der Waals surface area contributed by atoms with Crippen molar-refractivity contribution in [3.05, 3.63) is 0 Å². The molecule has 1 heterocycles. The first-order chi connectivity index (χ1) is 9.40. The monoisotopic (exact) mass is 285 g/mol. The first-order valence-corrected chi connectivity index (χ1v) is 7.81. The van der Waals surface area contributed by atoms with Crippen LogP contribution in [-0.4, -0.2) is 55.2 Å². The van der Waals surface area contributed by atoms with E-state index in [2.05, 4.69) is 24.1 Å². The molecule has 5 heteroatoms. The van der Waals surface area contributed by atoms with Gasteiger partial charge in [-0.15, -0.1) is 0 Å². The SMILES string of the molecule is CC1CN(CCCCNC(=O)C(C)C(C)N)CC(C)O1. The fourth-order valence-corrected chi connectivity index (χ4v) is 2.54. The molecule has 0 spiro atoms. The van der Waals surface area contributed by atoms with Crippen molar-refractivity contribution in [3.63, 3.8) is 0 Å². The van der Waals surface area contributed by atoms with Gasteiger partial charge in [-0.25, -0.2) is 0 Å². The number of unbranched alkanes of at least 4 members (excludes halogenated alkanes) is 1. The van der Waals surface area contributed by atoms with Gasteiger partial charge in [0.15, 0.2) is 0 Å². The average molecular weight is 285 g/mol. The summed E-state index contributed by atoms with van der Waals surface area (Å²) in [6.45, 7) is 11.8. The maximum Gasteiger partial charge on any atom is 0.224 e. The molecule has 4 unspecified atom stereocenters. The van der Waals surface area contributed by atoms with Gasteiger partial charge in [0.2, 0.25) is 5.91 Å². The second-order valence-electron chi connectivity index (χ2n) is 6.16. The predicted octanol–water partition coefficient (Wildman–Crippen LogP) is 0.975. The fraction of sp³-hybridized carbons (Fsp3) is 0.933. The average Bonchev–Trinajstić information content (AvgIpc) is 2.35. The molecule has 1 saturated heterocycles. The molecule has 0 aromatic rings. The predicted molar refractivity (Wildman–Crippen MR) is 81.5 cm³/mol. The van der Waals surface area contributed by atoms with Crippen molar-refractivity contribution in [2.24, 2.45) is 11.7 Å². The van der Waals surface area contributed by atoms with Crippen LogP contribution in [0.15, 0.2) is 0 Å². The van der Waals surface area contributed by atoms with Gasteiger partial charge >= 0.3 is 0 Å². The highest BCUT2D eigenvalue weighted by Gasteiger charge is 2.21. The van der Waals surface area contributed by atoms with Gasteiger partial charge in [-0.3, -0.25) is 9.69 Å². The molecular formula is C15H31N3O2. The minimum Gasteiger partial charge on any atom is -0.373 e. The molecule has 0 bridgehead atoms. The van der Waals surface area contributed by atoms with Crippen molar-refractivity contribution in [1.82, 2.24) is 10.2 Å². The Labute approximate surface area is 123 Å². The van der Waals surface area contributed by atoms with Crippen LogP contribution in [0, 0.1) is 5.92 Å². The van der Waals surface area contributed by atoms with E-state index < -0.39 is 0 Å². The molecule has 1 fully saturated rings. The third-order valence-electron chi connectivity index (χ3n) is 3.90. The molecule has 5 nitrogen and oxygen atoms in total. The zero-order chi connectivity index (χ0) is 15.1. The molecule has 1 aliphatic rings. The molecule has 1 aliphatic heterocycles. The second kappa shape index (κ2) is 8.60. The number of hydrogen-bond acceptors (Lipinski definition) is 4. The molecule has 0 radical (unpaired) electrons. The Morgan fingerprint density at radius 1 is 1.30 bits per heavy atom. The van der Waals surface area contributed by atoms with Gasteiger partial charge in [0, 0.05) is 31.6 Å². The van der Waals surface area contributed by atoms with E-state index in [1.165, 1.54) is 0 Å². The molecule has 0 aromatic carbocycles. The number of carbonyl (C=O) groups excluding carboxylic acids is 1. The van der Waals surface area contributed by atoms with E-state index in [1.807, 2.05) is 13.8 Å². The van der Waals surface area contributed by atoms with Crippen molar-refractivity contribution >= 4 is 5.91 Å². The maximum atomic E-state index is 11.7. The van der Waals surface area contributed by atoms with Gasteiger partial charge in [-0.1, -0.05) is 6.92 Å². The fourth-order valence-electron chi connectivity index (χ4n) is 2.54. The minimum absolute atomic E-state index is 0.0635. The van der Waals surface area contributed by atoms with E-state index in [4.69, 9.17) is 10.5 Å². The number of nitrogens with one attached hydrogen (secondary N) is 1. The second-order valence-corrected chi connectivity index (χ2v) is 6.16. The lowest BCUT2D eigenvalue weighted by Gasteiger charge is -2.35. The Hall–Kier alpha value is -0.650. The first-order valence-electron chi connectivity index (χ1n) is 7.81. The topological polar surface area (TPSA) is 67.6 Å². The summed E-state index contributed by atoms with van der Waals surface area (Å²) >= 11 is 0. The van der Waals surface area contributed by atoms with Crippen molar-refractivity contribution in [1.29, 1.82) is 0 Å². The molecule has 3 N–H and O–H groups in total. The molecule has 0 saturated carbocycles. The van der Waals surface area contributed by atoms with Crippen LogP contribution in [0.4, 0.5) is 0 Å². The highest BCUT2D eigenvalue weighted by molar-refractivity contribution is 5.78. The minimum atomic E-state index is -0.115. The number of amides is 1. The lowest BCUT2D eigenvalue weighted by Crippen LogP contribution is -2.45. The van der Waals surface area contributed by atoms with Crippen LogP contribution in [0.3, 0.4) is 0 Å². The Balaban J connectivity index is 2.09. The third-order valence-corrected chi connectivity index (χ3v) is 3.90. The number of ether oxygens (including phenoxy) is 1. The number of morpholine rings is 1. The summed E-state index contributed by atoms with van der Waals surface area (Å²) in [6, 6.07) is -0.0914. The summed E-state index contributed by atoms with van der Waals surface area (Å²) in [5.74, 6) is -0.0513. The van der Waals surface area contributed by atoms with E-state index in [9.17, 15) is 4.79 Å². The van der Waals surface area contributed by atoms with Gasteiger partial charge in [-0.2, -0.15) is 0 Å². The number of rotatable bonds is 7. The molecule has 4 atom stereocenters. The largest absolute Gasteiger partial charge is 0.373 e. The van der Waals surface area contributed by atoms with E-state index in [1.54, 1.807) is 0 Å². The number of nitrogens with zero attached hydrogens (tertiary/aromatic N) is 1. The van der Waals surface area contributed by atoms with Crippen molar-refractivity contribution in [2.75, 3.05) is 26.2 Å². The Kier molecular flexibility index (Phi) is 7.48. The molecule has 118 valence electrons. The summed E-state index contributed by atoms with van der Waals surface area (Å²) in [4.78, 5) is 14.2. The van der Waals surface area contributed by atoms with E-state index in [0.717, 1.165) is 39.0 Å². The lowest BCUT2D eigenvalue weighted by molar-refractivity contribution is -0.124. The Morgan fingerprint density at radius 3 is 2.45 bits per heavy atom. The van der Waals surface area contributed by atoms with Gasteiger partial charge in [0.25, 0.3) is 0 Å². The Bertz CT molecular complexity index is 287. The van der Waals surface area contributed by atoms with Crippen LogP contribution < -0.4 is 11.1 Å². The molecular weight excluding hydrogens is 254 g/mol. The lowest BCUT2D eigenvalue weighted by atomic mass is 10.0. The molecule has 0 aliphatic carbocycles. The van der Waals surface area contributed by atoms with Crippen LogP contribution in [0.1, 0.15) is 40.5 Å². The number of carbonyl (C=O) groups is 1. The molecule has 0 aromatic heterocycles. The Morgan fingerprint density at radius 2 is 1.90 bits per heavy atom. The first kappa shape index (κ1) is 17.4. The van der Waals surface area contributed by atoms with Crippen LogP contribution in [0.25, 0.3) is 0 Å². The van der Waals surface area contributed by atoms with Crippen LogP contribution in [0.5, 0.6) is 0 Å². The molecule has 20 heavy (non-hydrogen) atoms. The smallest absolute Gasteiger partial charge is 0.224 e. The van der Waals surface area contributed by atoms with Crippen molar-refractivity contribution in [2.45, 2.75) is 58.8 Å². The molecule has 1 rings (SSSR count). The zero-order valence-corrected chi connectivity index (χ0v) is 13.4. The van der Waals surface area contributed by atoms with Crippen molar-refractivity contribution in [3.8, 4) is 0 Å². The van der Waals surface area contributed by atoms with E-state index in [-0.39, 0.29) is 17.9 Å². The van der Waals surface area contributed by atoms with Gasteiger partial charge in [0.05, 0.1) is 12.2 Å². The van der Waals surface area contributed by atoms with Crippen LogP contribution in [0.2, 0.25) is 0 Å². The standard InChI is InChI=1S/C15H31N3O2/c1-11-9-18(10-12(2)20-11)8-6-5-7-17-15(19)13(3)14(4)16/h11-14H,5-10,16H2,1-4H3,(H,17,19). The quantitative estimate of drug-likeness (QED) is 0.684.